The molecule has 1 saturated heterocycles. The normalized spacial score (nSPS) is 15.8. The van der Waals surface area contributed by atoms with Crippen LogP contribution in [0, 0.1) is 30.9 Å². The van der Waals surface area contributed by atoms with Gasteiger partial charge in [-0.05, 0) is 56.5 Å². The first-order chi connectivity index (χ1) is 13.8. The summed E-state index contributed by atoms with van der Waals surface area (Å²) in [6.45, 7) is 11.3. The minimum Gasteiger partial charge on any atom is -0.369 e. The van der Waals surface area contributed by atoms with Gasteiger partial charge >= 0.3 is 0 Å². The minimum absolute atomic E-state index is 0.0242. The van der Waals surface area contributed by atoms with Crippen molar-refractivity contribution in [3.8, 4) is 0 Å². The molecular formula is C22H28N4O3. The van der Waals surface area contributed by atoms with E-state index in [4.69, 9.17) is 0 Å². The lowest BCUT2D eigenvalue weighted by molar-refractivity contribution is -0.384. The molecule has 7 nitrogen and oxygen atoms in total. The summed E-state index contributed by atoms with van der Waals surface area (Å²) in [7, 11) is 0. The number of amides is 1. The fourth-order valence-electron chi connectivity index (χ4n) is 3.73. The van der Waals surface area contributed by atoms with E-state index < -0.39 is 4.92 Å². The standard InChI is InChI=1S/C22H28N4O3/c1-15-6-5-7-21(17(15)3)25-12-10-24(11-13-25)18(4)22(27)23-20-9-8-19(26(28)29)14-16(20)2/h5-9,14,18H,10-13H2,1-4H3,(H,23,27)/t18-/m1/s1. The van der Waals surface area contributed by atoms with Crippen LogP contribution in [-0.4, -0.2) is 48.0 Å². The van der Waals surface area contributed by atoms with Gasteiger partial charge in [-0.25, -0.2) is 0 Å². The number of nitro groups is 1. The number of aryl methyl sites for hydroxylation is 2. The Bertz CT molecular complexity index is 920. The molecule has 1 N–H and O–H groups in total. The van der Waals surface area contributed by atoms with Crippen LogP contribution in [0.15, 0.2) is 36.4 Å². The smallest absolute Gasteiger partial charge is 0.269 e. The molecule has 1 atom stereocenters. The summed E-state index contributed by atoms with van der Waals surface area (Å²) < 4.78 is 0. The van der Waals surface area contributed by atoms with Crippen molar-refractivity contribution in [2.24, 2.45) is 0 Å². The van der Waals surface area contributed by atoms with Gasteiger partial charge in [-0.3, -0.25) is 19.8 Å². The largest absolute Gasteiger partial charge is 0.369 e. The third kappa shape index (κ3) is 4.56. The van der Waals surface area contributed by atoms with Crippen molar-refractivity contribution in [2.75, 3.05) is 36.4 Å². The zero-order chi connectivity index (χ0) is 21.1. The number of hydrogen-bond acceptors (Lipinski definition) is 5. The van der Waals surface area contributed by atoms with Gasteiger partial charge in [0.25, 0.3) is 5.69 Å². The van der Waals surface area contributed by atoms with Gasteiger partial charge in [0.05, 0.1) is 11.0 Å². The van der Waals surface area contributed by atoms with Gasteiger partial charge in [0.1, 0.15) is 0 Å². The summed E-state index contributed by atoms with van der Waals surface area (Å²) in [5.74, 6) is -0.0952. The number of carbonyl (C=O) groups excluding carboxylic acids is 1. The van der Waals surface area contributed by atoms with Gasteiger partial charge in [0.15, 0.2) is 0 Å². The van der Waals surface area contributed by atoms with Crippen LogP contribution < -0.4 is 10.2 Å². The van der Waals surface area contributed by atoms with Gasteiger partial charge < -0.3 is 10.2 Å². The predicted molar refractivity (Wildman–Crippen MR) is 116 cm³/mol. The first kappa shape index (κ1) is 20.8. The predicted octanol–water partition coefficient (Wildman–Crippen LogP) is 3.67. The Balaban J connectivity index is 1.60. The molecule has 29 heavy (non-hydrogen) atoms. The van der Waals surface area contributed by atoms with E-state index in [1.807, 2.05) is 6.92 Å². The van der Waals surface area contributed by atoms with E-state index in [1.165, 1.54) is 28.9 Å². The number of benzene rings is 2. The number of piperazine rings is 1. The highest BCUT2D eigenvalue weighted by atomic mass is 16.6. The Morgan fingerprint density at radius 3 is 2.38 bits per heavy atom. The highest BCUT2D eigenvalue weighted by molar-refractivity contribution is 5.95. The summed E-state index contributed by atoms with van der Waals surface area (Å²) in [4.78, 5) is 27.7. The van der Waals surface area contributed by atoms with E-state index in [9.17, 15) is 14.9 Å². The van der Waals surface area contributed by atoms with Gasteiger partial charge in [-0.2, -0.15) is 0 Å². The summed E-state index contributed by atoms with van der Waals surface area (Å²) >= 11 is 0. The van der Waals surface area contributed by atoms with Crippen molar-refractivity contribution in [2.45, 2.75) is 33.7 Å². The van der Waals surface area contributed by atoms with Crippen molar-refractivity contribution in [3.63, 3.8) is 0 Å². The summed E-state index contributed by atoms with van der Waals surface area (Å²) in [6.07, 6.45) is 0. The fourth-order valence-corrected chi connectivity index (χ4v) is 3.73. The molecule has 3 rings (SSSR count). The molecule has 0 bridgehead atoms. The average Bonchev–Trinajstić information content (AvgIpc) is 2.71. The number of non-ortho nitro benzene ring substituents is 1. The molecule has 0 unspecified atom stereocenters. The third-order valence-electron chi connectivity index (χ3n) is 5.84. The Kier molecular flexibility index (Phi) is 6.17. The number of nitro benzene ring substituents is 1. The van der Waals surface area contributed by atoms with E-state index in [0.29, 0.717) is 11.3 Å². The van der Waals surface area contributed by atoms with Crippen LogP contribution >= 0.6 is 0 Å². The SMILES string of the molecule is Cc1cc([N+](=O)[O-])ccc1NC(=O)[C@@H](C)N1CCN(c2cccc(C)c2C)CC1. The first-order valence-corrected chi connectivity index (χ1v) is 9.89. The number of nitrogens with zero attached hydrogens (tertiary/aromatic N) is 3. The molecule has 0 saturated carbocycles. The molecule has 1 heterocycles. The lowest BCUT2D eigenvalue weighted by Gasteiger charge is -2.39. The molecule has 0 radical (unpaired) electrons. The molecule has 1 aliphatic rings. The monoisotopic (exact) mass is 396 g/mol. The third-order valence-corrected chi connectivity index (χ3v) is 5.84. The molecule has 2 aromatic rings. The molecular weight excluding hydrogens is 368 g/mol. The van der Waals surface area contributed by atoms with Gasteiger partial charge in [0, 0.05) is 49.7 Å². The van der Waals surface area contributed by atoms with Gasteiger partial charge in [-0.15, -0.1) is 0 Å². The Labute approximate surface area is 171 Å². The minimum atomic E-state index is -0.434. The Hall–Kier alpha value is -2.93. The summed E-state index contributed by atoms with van der Waals surface area (Å²) in [5.41, 5.74) is 5.18. The van der Waals surface area contributed by atoms with E-state index in [1.54, 1.807) is 13.0 Å². The molecule has 2 aromatic carbocycles. The lowest BCUT2D eigenvalue weighted by atomic mass is 10.1. The number of rotatable bonds is 5. The molecule has 0 spiro atoms. The van der Waals surface area contributed by atoms with E-state index in [2.05, 4.69) is 47.2 Å². The molecule has 1 fully saturated rings. The maximum absolute atomic E-state index is 12.7. The maximum Gasteiger partial charge on any atom is 0.269 e. The number of nitrogens with one attached hydrogen (secondary N) is 1. The second-order valence-electron chi connectivity index (χ2n) is 7.66. The van der Waals surface area contributed by atoms with Crippen LogP contribution in [0.4, 0.5) is 17.1 Å². The highest BCUT2D eigenvalue weighted by Crippen LogP contribution is 2.25. The van der Waals surface area contributed by atoms with E-state index in [0.717, 1.165) is 26.2 Å². The summed E-state index contributed by atoms with van der Waals surface area (Å²) in [5, 5.41) is 13.8. The number of carbonyl (C=O) groups is 1. The van der Waals surface area contributed by atoms with Gasteiger partial charge in [-0.1, -0.05) is 12.1 Å². The molecule has 1 amide bonds. The first-order valence-electron chi connectivity index (χ1n) is 9.89. The molecule has 154 valence electrons. The average molecular weight is 396 g/mol. The Morgan fingerprint density at radius 2 is 1.76 bits per heavy atom. The second kappa shape index (κ2) is 8.61. The zero-order valence-corrected chi connectivity index (χ0v) is 17.4. The van der Waals surface area contributed by atoms with Gasteiger partial charge in [0.2, 0.25) is 5.91 Å². The Morgan fingerprint density at radius 1 is 1.07 bits per heavy atom. The van der Waals surface area contributed by atoms with Crippen LogP contribution in [0.25, 0.3) is 0 Å². The van der Waals surface area contributed by atoms with Crippen LogP contribution in [-0.2, 0) is 4.79 Å². The van der Waals surface area contributed by atoms with Crippen LogP contribution in [0.2, 0.25) is 0 Å². The highest BCUT2D eigenvalue weighted by Gasteiger charge is 2.26. The van der Waals surface area contributed by atoms with Crippen molar-refractivity contribution >= 4 is 23.0 Å². The molecule has 1 aliphatic heterocycles. The quantitative estimate of drug-likeness (QED) is 0.616. The molecule has 7 heteroatoms. The fraction of sp³-hybridized carbons (Fsp3) is 0.409. The van der Waals surface area contributed by atoms with Crippen molar-refractivity contribution < 1.29 is 9.72 Å². The maximum atomic E-state index is 12.7. The number of anilines is 2. The zero-order valence-electron chi connectivity index (χ0n) is 17.4. The van der Waals surface area contributed by atoms with Crippen molar-refractivity contribution in [1.82, 2.24) is 4.90 Å². The second-order valence-corrected chi connectivity index (χ2v) is 7.66. The summed E-state index contributed by atoms with van der Waals surface area (Å²) in [6, 6.07) is 10.6. The van der Waals surface area contributed by atoms with Crippen LogP contribution in [0.3, 0.4) is 0 Å². The van der Waals surface area contributed by atoms with Crippen LogP contribution in [0.1, 0.15) is 23.6 Å². The van der Waals surface area contributed by atoms with E-state index >= 15 is 0 Å². The molecule has 0 aliphatic carbocycles. The topological polar surface area (TPSA) is 78.7 Å². The van der Waals surface area contributed by atoms with Crippen LogP contribution in [0.5, 0.6) is 0 Å². The number of hydrogen-bond donors (Lipinski definition) is 1. The van der Waals surface area contributed by atoms with Crippen molar-refractivity contribution in [3.05, 3.63) is 63.2 Å². The lowest BCUT2D eigenvalue weighted by Crippen LogP contribution is -2.53. The van der Waals surface area contributed by atoms with E-state index in [-0.39, 0.29) is 17.6 Å². The molecule has 0 aromatic heterocycles. The van der Waals surface area contributed by atoms with Crippen molar-refractivity contribution in [1.29, 1.82) is 0 Å².